The summed E-state index contributed by atoms with van der Waals surface area (Å²) < 4.78 is 0. The van der Waals surface area contributed by atoms with Crippen LogP contribution in [0.3, 0.4) is 0 Å². The monoisotopic (exact) mass is 211 g/mol. The zero-order chi connectivity index (χ0) is 9.68. The van der Waals surface area contributed by atoms with Crippen molar-refractivity contribution in [2.24, 2.45) is 0 Å². The van der Waals surface area contributed by atoms with E-state index in [1.54, 1.807) is 0 Å². The first kappa shape index (κ1) is 16.6. The first-order valence-electron chi connectivity index (χ1n) is 5.08. The Balaban J connectivity index is 0. The van der Waals surface area contributed by atoms with E-state index in [4.69, 9.17) is 0 Å². The number of hydrogen-bond acceptors (Lipinski definition) is 1. The average molecular weight is 211 g/mol. The maximum absolute atomic E-state index is 2.45. The molecule has 4 N–H and O–H groups in total. The number of nitrogens with zero attached hydrogens (tertiary/aromatic N) is 1. The van der Waals surface area contributed by atoms with E-state index in [2.05, 4.69) is 55.8 Å². The van der Waals surface area contributed by atoms with Gasteiger partial charge in [0.15, 0.2) is 0 Å². The fourth-order valence-electron chi connectivity index (χ4n) is 1.71. The van der Waals surface area contributed by atoms with Gasteiger partial charge in [0.05, 0.1) is 0 Å². The number of benzene rings is 1. The van der Waals surface area contributed by atoms with Gasteiger partial charge in [-0.15, -0.1) is 0 Å². The lowest BCUT2D eigenvalue weighted by Gasteiger charge is -2.23. The average Bonchev–Trinajstić information content (AvgIpc) is 2.21. The van der Waals surface area contributed by atoms with E-state index in [1.165, 1.54) is 5.46 Å². The molecule has 0 heterocycles. The van der Waals surface area contributed by atoms with Crippen LogP contribution in [-0.2, 0) is 0 Å². The second-order valence-electron chi connectivity index (χ2n) is 3.31. The van der Waals surface area contributed by atoms with Gasteiger partial charge in [-0.3, -0.25) is 0 Å². The van der Waals surface area contributed by atoms with Gasteiger partial charge < -0.3 is 15.8 Å². The van der Waals surface area contributed by atoms with Gasteiger partial charge in [0, 0.05) is 0 Å². The highest BCUT2D eigenvalue weighted by molar-refractivity contribution is 6.69. The van der Waals surface area contributed by atoms with Gasteiger partial charge in [-0.2, -0.15) is 0 Å². The lowest BCUT2D eigenvalue weighted by molar-refractivity contribution is 0.487. The summed E-state index contributed by atoms with van der Waals surface area (Å²) in [4.78, 5) is 2.45. The molecule has 0 aliphatic carbocycles. The molecule has 0 fully saturated rings. The molecular formula is C11H22BNO2. The topological polar surface area (TPSA) is 66.2 Å². The van der Waals surface area contributed by atoms with Gasteiger partial charge in [0.1, 0.15) is 0 Å². The first-order valence-corrected chi connectivity index (χ1v) is 5.08. The van der Waals surface area contributed by atoms with Crippen LogP contribution in [0.4, 0.5) is 0 Å². The lowest BCUT2D eigenvalue weighted by atomic mass is 9.56. The molecule has 0 aliphatic heterocycles. The van der Waals surface area contributed by atoms with E-state index in [-0.39, 0.29) is 11.0 Å². The molecule has 1 aromatic carbocycles. The summed E-state index contributed by atoms with van der Waals surface area (Å²) in [6.07, 6.45) is 0. The summed E-state index contributed by atoms with van der Waals surface area (Å²) in [5.41, 5.74) is 1.41. The molecule has 0 amide bonds. The predicted octanol–water partition coefficient (Wildman–Crippen LogP) is 0.207. The Kier molecular flexibility index (Phi) is 9.37. The maximum atomic E-state index is 2.45. The lowest BCUT2D eigenvalue weighted by Crippen LogP contribution is -2.45. The predicted molar refractivity (Wildman–Crippen MR) is 67.8 cm³/mol. The van der Waals surface area contributed by atoms with Gasteiger partial charge in [-0.25, -0.2) is 0 Å². The van der Waals surface area contributed by atoms with Gasteiger partial charge >= 0.3 is 0 Å². The molecule has 1 aromatic rings. The molecule has 4 heteroatoms. The van der Waals surface area contributed by atoms with Crippen molar-refractivity contribution < 1.29 is 11.0 Å². The molecule has 0 aromatic heterocycles. The minimum Gasteiger partial charge on any atom is -0.412 e. The van der Waals surface area contributed by atoms with Crippen LogP contribution in [0, 0.1) is 0 Å². The van der Waals surface area contributed by atoms with Crippen LogP contribution >= 0.6 is 0 Å². The van der Waals surface area contributed by atoms with E-state index in [0.29, 0.717) is 6.85 Å². The molecule has 0 spiro atoms. The molecular weight excluding hydrogens is 189 g/mol. The second kappa shape index (κ2) is 8.47. The number of rotatable bonds is 4. The Morgan fingerprint density at radius 3 is 1.87 bits per heavy atom. The molecule has 0 saturated carbocycles. The standard InChI is InChI=1S/C11H18BN.2H2O/c1-4-13(5-2)12(3)11-9-7-6-8-10-11;;/h6-10H,4-5H2,1-3H3;2*1H2. The molecule has 0 bridgehead atoms. The van der Waals surface area contributed by atoms with Crippen LogP contribution in [0.25, 0.3) is 0 Å². The normalized spacial score (nSPS) is 9.07. The SMILES string of the molecule is CCN(CC)B(C)c1ccccc1.O.O. The third kappa shape index (κ3) is 4.47. The molecule has 0 unspecified atom stereocenters. The van der Waals surface area contributed by atoms with Crippen molar-refractivity contribution in [2.75, 3.05) is 13.1 Å². The van der Waals surface area contributed by atoms with Crippen LogP contribution < -0.4 is 5.46 Å². The quantitative estimate of drug-likeness (QED) is 0.656. The minimum atomic E-state index is 0. The zero-order valence-electron chi connectivity index (χ0n) is 9.83. The van der Waals surface area contributed by atoms with Crippen LogP contribution in [0.15, 0.2) is 30.3 Å². The molecule has 3 nitrogen and oxygen atoms in total. The van der Waals surface area contributed by atoms with E-state index in [1.807, 2.05) is 0 Å². The third-order valence-electron chi connectivity index (χ3n) is 2.64. The van der Waals surface area contributed by atoms with E-state index in [9.17, 15) is 0 Å². The van der Waals surface area contributed by atoms with Crippen molar-refractivity contribution in [3.8, 4) is 0 Å². The summed E-state index contributed by atoms with van der Waals surface area (Å²) in [5.74, 6) is 0. The highest BCUT2D eigenvalue weighted by atomic mass is 16.0. The second-order valence-corrected chi connectivity index (χ2v) is 3.31. The Hall–Kier alpha value is -0.835. The largest absolute Gasteiger partial charge is 0.412 e. The highest BCUT2D eigenvalue weighted by Crippen LogP contribution is 1.95. The summed E-state index contributed by atoms with van der Waals surface area (Å²) in [6.45, 7) is 9.46. The van der Waals surface area contributed by atoms with Gasteiger partial charge in [0.25, 0.3) is 6.85 Å². The Labute approximate surface area is 92.8 Å². The zero-order valence-corrected chi connectivity index (χ0v) is 9.83. The maximum Gasteiger partial charge on any atom is 0.254 e. The molecule has 0 atom stereocenters. The van der Waals surface area contributed by atoms with E-state index < -0.39 is 0 Å². The van der Waals surface area contributed by atoms with E-state index in [0.717, 1.165) is 13.1 Å². The Morgan fingerprint density at radius 2 is 1.47 bits per heavy atom. The van der Waals surface area contributed by atoms with Crippen molar-refractivity contribution in [3.63, 3.8) is 0 Å². The van der Waals surface area contributed by atoms with Crippen molar-refractivity contribution in [1.82, 2.24) is 4.81 Å². The molecule has 0 radical (unpaired) electrons. The molecule has 0 saturated heterocycles. The molecule has 1 rings (SSSR count). The van der Waals surface area contributed by atoms with Crippen LogP contribution in [0.2, 0.25) is 6.82 Å². The van der Waals surface area contributed by atoms with Crippen molar-refractivity contribution >= 4 is 12.3 Å². The van der Waals surface area contributed by atoms with Gasteiger partial charge in [-0.05, 0) is 13.1 Å². The third-order valence-corrected chi connectivity index (χ3v) is 2.64. The van der Waals surface area contributed by atoms with Gasteiger partial charge in [0.2, 0.25) is 0 Å². The fraction of sp³-hybridized carbons (Fsp3) is 0.455. The Morgan fingerprint density at radius 1 is 1.00 bits per heavy atom. The molecule has 15 heavy (non-hydrogen) atoms. The van der Waals surface area contributed by atoms with Gasteiger partial charge in [-0.1, -0.05) is 56.5 Å². The van der Waals surface area contributed by atoms with Crippen molar-refractivity contribution in [3.05, 3.63) is 30.3 Å². The van der Waals surface area contributed by atoms with Crippen LogP contribution in [-0.4, -0.2) is 35.7 Å². The van der Waals surface area contributed by atoms with Crippen molar-refractivity contribution in [1.29, 1.82) is 0 Å². The van der Waals surface area contributed by atoms with Crippen LogP contribution in [0.1, 0.15) is 13.8 Å². The highest BCUT2D eigenvalue weighted by Gasteiger charge is 2.15. The fourth-order valence-corrected chi connectivity index (χ4v) is 1.71. The summed E-state index contributed by atoms with van der Waals surface area (Å²) in [6, 6.07) is 10.7. The Bertz CT molecular complexity index is 240. The van der Waals surface area contributed by atoms with Crippen LogP contribution in [0.5, 0.6) is 0 Å². The van der Waals surface area contributed by atoms with Crippen molar-refractivity contribution in [2.45, 2.75) is 20.7 Å². The first-order chi connectivity index (χ1) is 6.29. The smallest absolute Gasteiger partial charge is 0.254 e. The summed E-state index contributed by atoms with van der Waals surface area (Å²) in [7, 11) is 0. The molecule has 0 aliphatic rings. The minimum absolute atomic E-state index is 0. The molecule has 86 valence electrons. The summed E-state index contributed by atoms with van der Waals surface area (Å²) in [5, 5.41) is 0. The number of hydrogen-bond donors (Lipinski definition) is 0. The van der Waals surface area contributed by atoms with E-state index >= 15 is 0 Å². The summed E-state index contributed by atoms with van der Waals surface area (Å²) >= 11 is 0.